The summed E-state index contributed by atoms with van der Waals surface area (Å²) in [5, 5.41) is 91.7. The molecule has 4 aliphatic carbocycles. The van der Waals surface area contributed by atoms with E-state index in [0.29, 0.717) is 25.0 Å². The summed E-state index contributed by atoms with van der Waals surface area (Å²) in [6.07, 6.45) is -6.54. The Balaban J connectivity index is 1.11. The van der Waals surface area contributed by atoms with Crippen LogP contribution < -0.4 is 10.6 Å². The molecule has 2 unspecified atom stereocenters. The molecule has 9 N–H and O–H groups in total. The molecule has 2 saturated carbocycles. The predicted molar refractivity (Wildman–Crippen MR) is 312 cm³/mol. The van der Waals surface area contributed by atoms with Gasteiger partial charge in [-0.05, 0) is 125 Å². The Morgan fingerprint density at radius 3 is 2.18 bits per heavy atom. The standard InChI is InChI=1S/C63H105FN4O17/c1-18-46-60(14,77)50(72)38(8)68(16)52(73)33(3)29-58(12,76)51(85-54-48(71)44(67(15)19-2)27-35(5)81-54)36(6)49(37(7)53(74)83-46)84-47-31-59(13,80-17)61(78,39(9)82-47)32-65-24-25-66-55(75)63(79)34(4)26-43-42-21-20-40-28-41(69)22-23-56(40,10)62(42,64)45(70)30-57(43,63)11/h20,22-23,33-39,42-51,54,65,70-72,76-79H,18-19,21,24-32H2,1-17H3,(H,66,75)/t33-,34-,35-,36+,37-,38-,39+,42?,43?,44+,45+,46-,47+,48-,49+,50-,51-,54+,56+,57+,58-,59-,60-,61+,62+,63+/m1/s1. The summed E-state index contributed by atoms with van der Waals surface area (Å²) in [4.78, 5) is 59.0. The van der Waals surface area contributed by atoms with Gasteiger partial charge in [-0.25, -0.2) is 4.39 Å². The Bertz CT molecular complexity index is 2490. The number of amides is 2. The van der Waals surface area contributed by atoms with Crippen LogP contribution in [0.4, 0.5) is 4.39 Å². The van der Waals surface area contributed by atoms with Crippen LogP contribution in [-0.4, -0.2) is 224 Å². The number of carbonyl (C=O) groups is 4. The molecule has 21 nitrogen and oxygen atoms in total. The summed E-state index contributed by atoms with van der Waals surface area (Å²) in [6, 6.07) is -1.37. The molecule has 3 aliphatic heterocycles. The van der Waals surface area contributed by atoms with E-state index in [1.54, 1.807) is 75.3 Å². The smallest absolute Gasteiger partial charge is 0.311 e. The zero-order chi connectivity index (χ0) is 63.7. The zero-order valence-corrected chi connectivity index (χ0v) is 53.6. The number of ether oxygens (including phenoxy) is 6. The Labute approximate surface area is 503 Å². The lowest BCUT2D eigenvalue weighted by Gasteiger charge is -2.61. The molecule has 3 saturated heterocycles. The number of aliphatic hydroxyl groups is 7. The van der Waals surface area contributed by atoms with Gasteiger partial charge in [-0.15, -0.1) is 0 Å². The second-order valence-electron chi connectivity index (χ2n) is 28.0. The van der Waals surface area contributed by atoms with E-state index in [1.165, 1.54) is 39.0 Å². The highest BCUT2D eigenvalue weighted by Crippen LogP contribution is 2.70. The summed E-state index contributed by atoms with van der Waals surface area (Å²) in [7, 11) is 4.80. The van der Waals surface area contributed by atoms with Crippen LogP contribution in [-0.2, 0) is 47.6 Å². The van der Waals surface area contributed by atoms with Gasteiger partial charge in [-0.3, -0.25) is 19.2 Å². The summed E-state index contributed by atoms with van der Waals surface area (Å²) < 4.78 is 56.7. The van der Waals surface area contributed by atoms with Gasteiger partial charge in [0.15, 0.2) is 29.6 Å². The van der Waals surface area contributed by atoms with Gasteiger partial charge in [0.25, 0.3) is 5.91 Å². The van der Waals surface area contributed by atoms with Gasteiger partial charge in [-0.2, -0.15) is 0 Å². The van der Waals surface area contributed by atoms with Crippen LogP contribution in [0, 0.1) is 46.3 Å². The van der Waals surface area contributed by atoms with E-state index in [9.17, 15) is 54.9 Å². The molecular weight excluding hydrogens is 1100 g/mol. The van der Waals surface area contributed by atoms with Gasteiger partial charge in [0.05, 0.1) is 48.1 Å². The number of cyclic esters (lactones) is 1. The second kappa shape index (κ2) is 25.3. The average Bonchev–Trinajstić information content (AvgIpc) is 1.65. The number of nitrogens with zero attached hydrogens (tertiary/aromatic N) is 2. The van der Waals surface area contributed by atoms with Crippen molar-refractivity contribution in [2.45, 2.75) is 255 Å². The second-order valence-corrected chi connectivity index (χ2v) is 28.0. The summed E-state index contributed by atoms with van der Waals surface area (Å²) >= 11 is 0. The van der Waals surface area contributed by atoms with Crippen molar-refractivity contribution in [3.05, 3.63) is 23.8 Å². The van der Waals surface area contributed by atoms with Crippen molar-refractivity contribution < 1.29 is 87.7 Å². The van der Waals surface area contributed by atoms with Crippen molar-refractivity contribution in [3.8, 4) is 0 Å². The number of halogens is 1. The van der Waals surface area contributed by atoms with Gasteiger partial charge < -0.3 is 84.6 Å². The number of alkyl halides is 1. The fourth-order valence-corrected chi connectivity index (χ4v) is 16.7. The van der Waals surface area contributed by atoms with E-state index in [-0.39, 0.29) is 70.0 Å². The first-order valence-electron chi connectivity index (χ1n) is 31.2. The van der Waals surface area contributed by atoms with Crippen molar-refractivity contribution in [2.75, 3.05) is 47.4 Å². The van der Waals surface area contributed by atoms with Crippen molar-refractivity contribution in [2.24, 2.45) is 46.3 Å². The molecule has 0 aromatic heterocycles. The maximum atomic E-state index is 17.8. The van der Waals surface area contributed by atoms with Crippen molar-refractivity contribution in [1.29, 1.82) is 0 Å². The van der Waals surface area contributed by atoms with Crippen LogP contribution in [0.25, 0.3) is 0 Å². The minimum atomic E-state index is -2.12. The first-order chi connectivity index (χ1) is 39.3. The van der Waals surface area contributed by atoms with Gasteiger partial charge in [0.1, 0.15) is 35.1 Å². The number of nitrogens with one attached hydrogen (secondary N) is 2. The molecule has 0 aromatic carbocycles. The molecule has 0 aromatic rings. The number of aliphatic hydroxyl groups excluding tert-OH is 3. The lowest BCUT2D eigenvalue weighted by Crippen LogP contribution is -2.70. The average molecular weight is 1210 g/mol. The SMILES string of the molecule is CC[C@H]1OC(=O)[C@H](C)[C@@H](O[C@H]2C[C@@](C)(OC)[C@](O)(CNCCNC(=O)[C@@]3(O)[C@H](C)CC4C5CC=C6CC(=O)C=C[C@]6(C)[C@@]5(F)[C@@H](O)C[C@@]43C)[C@H](C)O2)[C@H](C)[C@@H](O[C@@H]2O[C@H](C)C[C@H](N(C)CC)[C@H]2O)[C@](C)(O)C[C@@H](C)C(=O)N(C)[C@H](C)[C@@H](O)[C@]1(C)O. The molecule has 3 heterocycles. The van der Waals surface area contributed by atoms with E-state index in [1.807, 2.05) is 31.9 Å². The van der Waals surface area contributed by atoms with E-state index >= 15 is 4.39 Å². The fourth-order valence-electron chi connectivity index (χ4n) is 16.7. The highest BCUT2D eigenvalue weighted by Gasteiger charge is 2.75. The number of methoxy groups -OCH3 is 1. The maximum Gasteiger partial charge on any atom is 0.311 e. The molecule has 26 atom stereocenters. The summed E-state index contributed by atoms with van der Waals surface area (Å²) in [5.74, 6) is -6.97. The number of allylic oxidation sites excluding steroid dienone is 4. The Hall–Kier alpha value is -3.07. The highest BCUT2D eigenvalue weighted by atomic mass is 19.1. The molecule has 85 heavy (non-hydrogen) atoms. The molecule has 0 bridgehead atoms. The van der Waals surface area contributed by atoms with Gasteiger partial charge in [0, 0.05) is 81.3 Å². The van der Waals surface area contributed by atoms with E-state index in [2.05, 4.69) is 10.6 Å². The number of ketones is 1. The quantitative estimate of drug-likeness (QED) is 0.0685. The molecule has 0 radical (unpaired) electrons. The normalized spacial score (nSPS) is 49.2. The number of likely N-dealkylation sites (N-methyl/N-ethyl adjacent to an activating group) is 2. The monoisotopic (exact) mass is 1210 g/mol. The van der Waals surface area contributed by atoms with Crippen LogP contribution in [0.5, 0.6) is 0 Å². The van der Waals surface area contributed by atoms with Crippen LogP contribution in [0.15, 0.2) is 23.8 Å². The van der Waals surface area contributed by atoms with Gasteiger partial charge in [-0.1, -0.05) is 59.3 Å². The maximum absolute atomic E-state index is 17.8. The Morgan fingerprint density at radius 1 is 0.894 bits per heavy atom. The topological polar surface area (TPSA) is 296 Å². The van der Waals surface area contributed by atoms with Crippen LogP contribution in [0.2, 0.25) is 0 Å². The molecule has 7 aliphatic rings. The number of esters is 1. The first-order valence-corrected chi connectivity index (χ1v) is 31.2. The minimum absolute atomic E-state index is 0.00565. The largest absolute Gasteiger partial charge is 0.459 e. The van der Waals surface area contributed by atoms with Crippen molar-refractivity contribution in [3.63, 3.8) is 0 Å². The molecule has 22 heteroatoms. The number of carbonyl (C=O) groups excluding carboxylic acids is 4. The molecule has 7 rings (SSSR count). The Kier molecular flexibility index (Phi) is 20.7. The van der Waals surface area contributed by atoms with Crippen LogP contribution in [0.1, 0.15) is 148 Å². The molecule has 5 fully saturated rings. The van der Waals surface area contributed by atoms with Crippen molar-refractivity contribution >= 4 is 23.6 Å². The minimum Gasteiger partial charge on any atom is -0.459 e. The van der Waals surface area contributed by atoms with E-state index < -0.39 is 165 Å². The van der Waals surface area contributed by atoms with E-state index in [4.69, 9.17) is 28.4 Å². The molecule has 2 amide bonds. The number of hydrogen-bond acceptors (Lipinski definition) is 19. The van der Waals surface area contributed by atoms with Gasteiger partial charge >= 0.3 is 5.97 Å². The molecular formula is C63H105FN4O17. The lowest BCUT2D eigenvalue weighted by molar-refractivity contribution is -0.336. The number of hydrogen-bond donors (Lipinski definition) is 9. The third-order valence-electron chi connectivity index (χ3n) is 22.6. The summed E-state index contributed by atoms with van der Waals surface area (Å²) in [5.41, 5.74) is -13.1. The lowest BCUT2D eigenvalue weighted by atomic mass is 9.45. The van der Waals surface area contributed by atoms with Gasteiger partial charge in [0.2, 0.25) is 5.91 Å². The fraction of sp³-hybridized carbons (Fsp3) is 0.873. The molecule has 486 valence electrons. The predicted octanol–water partition coefficient (Wildman–Crippen LogP) is 3.24. The third kappa shape index (κ3) is 11.9. The van der Waals surface area contributed by atoms with Crippen LogP contribution in [0.3, 0.4) is 0 Å². The highest BCUT2D eigenvalue weighted by molar-refractivity contribution is 5.93. The zero-order valence-electron chi connectivity index (χ0n) is 53.6. The number of rotatable bonds is 14. The summed E-state index contributed by atoms with van der Waals surface area (Å²) in [6.45, 7) is 24.0. The van der Waals surface area contributed by atoms with Crippen LogP contribution >= 0.6 is 0 Å². The third-order valence-corrected chi connectivity index (χ3v) is 22.6. The Morgan fingerprint density at radius 2 is 1.55 bits per heavy atom. The van der Waals surface area contributed by atoms with Crippen molar-refractivity contribution in [1.82, 2.24) is 20.4 Å². The first kappa shape index (κ1) is 69.4. The number of fused-ring (bicyclic) bond motifs is 5. The molecule has 0 spiro atoms. The van der Waals surface area contributed by atoms with E-state index in [0.717, 1.165) is 0 Å².